The molecule has 0 radical (unpaired) electrons. The largest absolute Gasteiger partial charge is 0.398 e. The molecule has 10 heavy (non-hydrogen) atoms. The summed E-state index contributed by atoms with van der Waals surface area (Å²) in [7, 11) is 0. The van der Waals surface area contributed by atoms with Crippen molar-refractivity contribution in [2.45, 2.75) is 4.90 Å². The van der Waals surface area contributed by atoms with Crippen LogP contribution in [0.1, 0.15) is 0 Å². The predicted octanol–water partition coefficient (Wildman–Crippen LogP) is 2.97. The summed E-state index contributed by atoms with van der Waals surface area (Å²) in [5.41, 5.74) is 6.10. The van der Waals surface area contributed by atoms with E-state index in [9.17, 15) is 0 Å². The van der Waals surface area contributed by atoms with Crippen molar-refractivity contribution in [3.63, 3.8) is 0 Å². The lowest BCUT2D eigenvalue weighted by Gasteiger charge is -2.01. The van der Waals surface area contributed by atoms with Gasteiger partial charge in [-0.05, 0) is 28.1 Å². The maximum absolute atomic E-state index is 5.78. The summed E-state index contributed by atoms with van der Waals surface area (Å²) in [6, 6.07) is 3.54. The minimum absolute atomic E-state index is 0.559. The molecule has 0 aliphatic heterocycles. The van der Waals surface area contributed by atoms with Crippen molar-refractivity contribution in [3.05, 3.63) is 21.6 Å². The van der Waals surface area contributed by atoms with Crippen LogP contribution in [0.15, 0.2) is 21.5 Å². The van der Waals surface area contributed by atoms with Crippen LogP contribution in [-0.2, 0) is 0 Å². The molecule has 0 amide bonds. The zero-order chi connectivity index (χ0) is 7.72. The van der Waals surface area contributed by atoms with Crippen molar-refractivity contribution >= 4 is 45.8 Å². The van der Waals surface area contributed by atoms with Crippen molar-refractivity contribution < 1.29 is 0 Å². The van der Waals surface area contributed by atoms with Gasteiger partial charge in [-0.3, -0.25) is 0 Å². The fourth-order valence-electron chi connectivity index (χ4n) is 0.555. The Labute approximate surface area is 78.1 Å². The zero-order valence-corrected chi connectivity index (χ0v) is 8.17. The molecule has 4 heteroatoms. The van der Waals surface area contributed by atoms with E-state index < -0.39 is 0 Å². The number of nitrogen functional groups attached to an aromatic ring is 1. The number of rotatable bonds is 0. The molecule has 0 aliphatic carbocycles. The van der Waals surface area contributed by atoms with E-state index in [0.717, 1.165) is 4.47 Å². The number of hydrogen-bond acceptors (Lipinski definition) is 2. The molecular weight excluding hydrogens is 233 g/mol. The van der Waals surface area contributed by atoms with Gasteiger partial charge in [-0.15, -0.1) is 12.6 Å². The molecule has 1 nitrogen and oxygen atoms in total. The quantitative estimate of drug-likeness (QED) is 0.527. The van der Waals surface area contributed by atoms with Crippen LogP contribution in [0.3, 0.4) is 0 Å². The Bertz CT molecular complexity index is 237. The Morgan fingerprint density at radius 2 is 2.10 bits per heavy atom. The molecule has 0 bridgehead atoms. The van der Waals surface area contributed by atoms with Crippen molar-refractivity contribution in [2.75, 3.05) is 5.73 Å². The summed E-state index contributed by atoms with van der Waals surface area (Å²) in [5, 5.41) is 0.559. The van der Waals surface area contributed by atoms with Crippen molar-refractivity contribution in [1.82, 2.24) is 0 Å². The molecule has 1 aromatic rings. The molecule has 0 fully saturated rings. The molecule has 0 saturated heterocycles. The summed E-state index contributed by atoms with van der Waals surface area (Å²) in [5.74, 6) is 0. The van der Waals surface area contributed by atoms with Crippen LogP contribution in [0.4, 0.5) is 5.69 Å². The Morgan fingerprint density at radius 3 is 2.60 bits per heavy atom. The predicted molar refractivity (Wildman–Crippen MR) is 50.8 cm³/mol. The SMILES string of the molecule is Nc1ccc(Br)c(Cl)c1S. The monoisotopic (exact) mass is 237 g/mol. The van der Waals surface area contributed by atoms with E-state index in [4.69, 9.17) is 17.3 Å². The fraction of sp³-hybridized carbons (Fsp3) is 0. The summed E-state index contributed by atoms with van der Waals surface area (Å²) in [6.45, 7) is 0. The number of nitrogens with two attached hydrogens (primary N) is 1. The zero-order valence-electron chi connectivity index (χ0n) is 4.94. The molecule has 2 N–H and O–H groups in total. The number of benzene rings is 1. The van der Waals surface area contributed by atoms with Gasteiger partial charge in [0.2, 0.25) is 0 Å². The standard InChI is InChI=1S/C6H5BrClNS/c7-3-1-2-4(9)6(10)5(3)8/h1-2,10H,9H2. The van der Waals surface area contributed by atoms with Gasteiger partial charge >= 0.3 is 0 Å². The molecule has 0 aliphatic rings. The van der Waals surface area contributed by atoms with Crippen LogP contribution in [0.5, 0.6) is 0 Å². The van der Waals surface area contributed by atoms with Crippen molar-refractivity contribution in [3.8, 4) is 0 Å². The Balaban J connectivity index is 3.34. The molecular formula is C6H5BrClNS. The van der Waals surface area contributed by atoms with Crippen LogP contribution in [0.2, 0.25) is 5.02 Å². The second-order valence-electron chi connectivity index (χ2n) is 1.80. The first-order valence-corrected chi connectivity index (χ1v) is 4.17. The van der Waals surface area contributed by atoms with Crippen molar-refractivity contribution in [2.24, 2.45) is 0 Å². The Hall–Kier alpha value is 0.140. The average Bonchev–Trinajstić information content (AvgIpc) is 1.93. The molecule has 0 spiro atoms. The number of hydrogen-bond donors (Lipinski definition) is 2. The van der Waals surface area contributed by atoms with Gasteiger partial charge in [0.05, 0.1) is 5.02 Å². The highest BCUT2D eigenvalue weighted by Crippen LogP contribution is 2.32. The molecule has 54 valence electrons. The van der Waals surface area contributed by atoms with Gasteiger partial charge in [0.15, 0.2) is 0 Å². The van der Waals surface area contributed by atoms with Crippen molar-refractivity contribution in [1.29, 1.82) is 0 Å². The molecule has 1 rings (SSSR count). The van der Waals surface area contributed by atoms with E-state index in [1.807, 2.05) is 0 Å². The molecule has 0 unspecified atom stereocenters. The minimum Gasteiger partial charge on any atom is -0.398 e. The third-order valence-electron chi connectivity index (χ3n) is 1.10. The van der Waals surface area contributed by atoms with Gasteiger partial charge in [0.25, 0.3) is 0 Å². The van der Waals surface area contributed by atoms with E-state index >= 15 is 0 Å². The lowest BCUT2D eigenvalue weighted by molar-refractivity contribution is 1.45. The van der Waals surface area contributed by atoms with E-state index in [1.165, 1.54) is 0 Å². The molecule has 0 heterocycles. The summed E-state index contributed by atoms with van der Waals surface area (Å²) >= 11 is 13.1. The lowest BCUT2D eigenvalue weighted by Crippen LogP contribution is -1.86. The minimum atomic E-state index is 0.559. The van der Waals surface area contributed by atoms with Gasteiger partial charge in [-0.25, -0.2) is 0 Å². The van der Waals surface area contributed by atoms with Gasteiger partial charge in [-0.2, -0.15) is 0 Å². The fourth-order valence-corrected chi connectivity index (χ4v) is 1.41. The first kappa shape index (κ1) is 8.24. The molecule has 0 saturated carbocycles. The van der Waals surface area contributed by atoms with E-state index in [2.05, 4.69) is 28.6 Å². The van der Waals surface area contributed by atoms with Gasteiger partial charge < -0.3 is 5.73 Å². The first-order chi connectivity index (χ1) is 4.63. The van der Waals surface area contributed by atoms with Crippen LogP contribution in [0.25, 0.3) is 0 Å². The maximum Gasteiger partial charge on any atom is 0.0702 e. The van der Waals surface area contributed by atoms with Gasteiger partial charge in [0.1, 0.15) is 0 Å². The summed E-state index contributed by atoms with van der Waals surface area (Å²) in [4.78, 5) is 0.621. The van der Waals surface area contributed by atoms with Crippen LogP contribution < -0.4 is 5.73 Å². The average molecular weight is 239 g/mol. The number of halogens is 2. The smallest absolute Gasteiger partial charge is 0.0702 e. The van der Waals surface area contributed by atoms with E-state index in [0.29, 0.717) is 15.6 Å². The Kier molecular flexibility index (Phi) is 2.50. The third kappa shape index (κ3) is 1.41. The number of anilines is 1. The maximum atomic E-state index is 5.78. The second kappa shape index (κ2) is 3.03. The lowest BCUT2D eigenvalue weighted by atomic mass is 10.3. The highest BCUT2D eigenvalue weighted by molar-refractivity contribution is 9.10. The molecule has 0 atom stereocenters. The molecule has 1 aromatic carbocycles. The topological polar surface area (TPSA) is 26.0 Å². The highest BCUT2D eigenvalue weighted by atomic mass is 79.9. The third-order valence-corrected chi connectivity index (χ3v) is 3.00. The summed E-state index contributed by atoms with van der Waals surface area (Å²) < 4.78 is 0.813. The summed E-state index contributed by atoms with van der Waals surface area (Å²) in [6.07, 6.45) is 0. The van der Waals surface area contributed by atoms with Crippen LogP contribution in [-0.4, -0.2) is 0 Å². The van der Waals surface area contributed by atoms with Crippen LogP contribution >= 0.6 is 40.2 Å². The van der Waals surface area contributed by atoms with Crippen LogP contribution in [0, 0.1) is 0 Å². The number of thiol groups is 1. The molecule has 0 aromatic heterocycles. The Morgan fingerprint density at radius 1 is 1.50 bits per heavy atom. The first-order valence-electron chi connectivity index (χ1n) is 2.55. The van der Waals surface area contributed by atoms with Gasteiger partial charge in [0, 0.05) is 15.1 Å². The van der Waals surface area contributed by atoms with E-state index in [1.54, 1.807) is 12.1 Å². The second-order valence-corrected chi connectivity index (χ2v) is 3.48. The highest BCUT2D eigenvalue weighted by Gasteiger charge is 2.02. The normalized spacial score (nSPS) is 9.90. The van der Waals surface area contributed by atoms with E-state index in [-0.39, 0.29) is 0 Å². The van der Waals surface area contributed by atoms with Gasteiger partial charge in [-0.1, -0.05) is 11.6 Å².